The summed E-state index contributed by atoms with van der Waals surface area (Å²) in [5.74, 6) is -1.03. The van der Waals surface area contributed by atoms with E-state index in [1.807, 2.05) is 0 Å². The molecule has 0 atom stereocenters. The van der Waals surface area contributed by atoms with Gasteiger partial charge in [0.25, 0.3) is 5.91 Å². The highest BCUT2D eigenvalue weighted by Crippen LogP contribution is 2.13. The third-order valence-corrected chi connectivity index (χ3v) is 3.01. The molecule has 1 aromatic heterocycles. The van der Waals surface area contributed by atoms with Crippen LogP contribution in [0.3, 0.4) is 0 Å². The van der Waals surface area contributed by atoms with Gasteiger partial charge in [0.15, 0.2) is 10.4 Å². The van der Waals surface area contributed by atoms with Crippen LogP contribution in [0.15, 0.2) is 21.2 Å². The van der Waals surface area contributed by atoms with Gasteiger partial charge in [-0.05, 0) is 35.0 Å². The summed E-state index contributed by atoms with van der Waals surface area (Å²) >= 11 is 3.08. The van der Waals surface area contributed by atoms with E-state index in [0.29, 0.717) is 11.3 Å². The Morgan fingerprint density at radius 2 is 2.10 bits per heavy atom. The van der Waals surface area contributed by atoms with Crippen molar-refractivity contribution in [3.8, 4) is 0 Å². The maximum Gasteiger partial charge on any atom is 0.307 e. The lowest BCUT2D eigenvalue weighted by molar-refractivity contribution is -0.143. The van der Waals surface area contributed by atoms with Crippen molar-refractivity contribution in [2.75, 3.05) is 26.7 Å². The third kappa shape index (κ3) is 5.99. The van der Waals surface area contributed by atoms with Crippen LogP contribution in [0.2, 0.25) is 0 Å². The van der Waals surface area contributed by atoms with Crippen LogP contribution in [0, 0.1) is 0 Å². The molecule has 0 aromatic carbocycles. The Kier molecular flexibility index (Phi) is 6.93. The number of amides is 2. The first-order valence-electron chi connectivity index (χ1n) is 6.37. The van der Waals surface area contributed by atoms with Crippen molar-refractivity contribution in [1.82, 2.24) is 10.2 Å². The minimum Gasteiger partial charge on any atom is -0.466 e. The fourth-order valence-corrected chi connectivity index (χ4v) is 1.74. The molecule has 1 N–H and O–H groups in total. The summed E-state index contributed by atoms with van der Waals surface area (Å²) in [6, 6.07) is 3.08. The SMILES string of the molecule is CCOC(=O)CCN(C)C(=O)CNC(=O)c1ccc(Br)o1. The Balaban J connectivity index is 2.32. The molecule has 7 nitrogen and oxygen atoms in total. The van der Waals surface area contributed by atoms with Gasteiger partial charge in [-0.15, -0.1) is 0 Å². The van der Waals surface area contributed by atoms with Crippen LogP contribution in [0.5, 0.6) is 0 Å². The summed E-state index contributed by atoms with van der Waals surface area (Å²) in [5.41, 5.74) is 0. The Bertz CT molecular complexity index is 514. The number of hydrogen-bond donors (Lipinski definition) is 1. The summed E-state index contributed by atoms with van der Waals surface area (Å²) in [5, 5.41) is 2.44. The Morgan fingerprint density at radius 3 is 2.67 bits per heavy atom. The molecule has 1 heterocycles. The Hall–Kier alpha value is -1.83. The van der Waals surface area contributed by atoms with Crippen LogP contribution in [-0.2, 0) is 14.3 Å². The average molecular weight is 361 g/mol. The van der Waals surface area contributed by atoms with E-state index in [-0.39, 0.29) is 37.1 Å². The smallest absolute Gasteiger partial charge is 0.307 e. The quantitative estimate of drug-likeness (QED) is 0.737. The molecule has 116 valence electrons. The Morgan fingerprint density at radius 1 is 1.38 bits per heavy atom. The molecule has 0 saturated carbocycles. The number of esters is 1. The van der Waals surface area contributed by atoms with E-state index in [9.17, 15) is 14.4 Å². The minimum atomic E-state index is -0.479. The van der Waals surface area contributed by atoms with Crippen LogP contribution in [0.4, 0.5) is 0 Å². The van der Waals surface area contributed by atoms with Crippen LogP contribution in [-0.4, -0.2) is 49.4 Å². The normalized spacial score (nSPS) is 10.0. The molecule has 21 heavy (non-hydrogen) atoms. The fraction of sp³-hybridized carbons (Fsp3) is 0.462. The van der Waals surface area contributed by atoms with Crippen molar-refractivity contribution in [2.24, 2.45) is 0 Å². The molecule has 1 aromatic rings. The van der Waals surface area contributed by atoms with Gasteiger partial charge >= 0.3 is 5.97 Å². The van der Waals surface area contributed by atoms with Crippen LogP contribution in [0.1, 0.15) is 23.9 Å². The first kappa shape index (κ1) is 17.2. The molecule has 0 aliphatic rings. The maximum atomic E-state index is 11.8. The summed E-state index contributed by atoms with van der Waals surface area (Å²) in [6.45, 7) is 2.09. The number of nitrogens with zero attached hydrogens (tertiary/aromatic N) is 1. The van der Waals surface area contributed by atoms with E-state index in [2.05, 4.69) is 21.2 Å². The molecule has 0 unspecified atom stereocenters. The van der Waals surface area contributed by atoms with Crippen molar-refractivity contribution < 1.29 is 23.5 Å². The highest BCUT2D eigenvalue weighted by atomic mass is 79.9. The molecule has 0 spiro atoms. The average Bonchev–Trinajstić information content (AvgIpc) is 2.88. The highest BCUT2D eigenvalue weighted by molar-refractivity contribution is 9.10. The predicted octanol–water partition coefficient (Wildman–Crippen LogP) is 1.18. The zero-order valence-corrected chi connectivity index (χ0v) is 13.4. The van der Waals surface area contributed by atoms with Gasteiger partial charge in [0.05, 0.1) is 19.6 Å². The van der Waals surface area contributed by atoms with Gasteiger partial charge in [0.2, 0.25) is 5.91 Å². The van der Waals surface area contributed by atoms with Crippen molar-refractivity contribution in [1.29, 1.82) is 0 Å². The number of carbonyl (C=O) groups excluding carboxylic acids is 3. The zero-order valence-electron chi connectivity index (χ0n) is 11.8. The standard InChI is InChI=1S/C13H17BrN2O5/c1-3-20-12(18)6-7-16(2)11(17)8-15-13(19)9-4-5-10(14)21-9/h4-5H,3,6-8H2,1-2H3,(H,15,19). The molecule has 8 heteroatoms. The molecule has 0 bridgehead atoms. The van der Waals surface area contributed by atoms with Crippen LogP contribution in [0.25, 0.3) is 0 Å². The van der Waals surface area contributed by atoms with Gasteiger partial charge in [-0.25, -0.2) is 0 Å². The molecule has 0 radical (unpaired) electrons. The summed E-state index contributed by atoms with van der Waals surface area (Å²) < 4.78 is 10.3. The lowest BCUT2D eigenvalue weighted by Gasteiger charge is -2.16. The number of ether oxygens (including phenoxy) is 1. The fourth-order valence-electron chi connectivity index (χ4n) is 1.43. The first-order chi connectivity index (χ1) is 9.93. The second-order valence-electron chi connectivity index (χ2n) is 4.16. The molecular formula is C13H17BrN2O5. The van der Waals surface area contributed by atoms with Crippen LogP contribution >= 0.6 is 15.9 Å². The van der Waals surface area contributed by atoms with E-state index in [4.69, 9.17) is 9.15 Å². The second-order valence-corrected chi connectivity index (χ2v) is 4.94. The van der Waals surface area contributed by atoms with E-state index in [0.717, 1.165) is 0 Å². The van der Waals surface area contributed by atoms with Gasteiger partial charge in [-0.2, -0.15) is 0 Å². The van der Waals surface area contributed by atoms with Crippen molar-refractivity contribution in [3.05, 3.63) is 22.6 Å². The monoisotopic (exact) mass is 360 g/mol. The van der Waals surface area contributed by atoms with E-state index in [1.54, 1.807) is 20.0 Å². The first-order valence-corrected chi connectivity index (χ1v) is 7.16. The number of furan rings is 1. The number of hydrogen-bond acceptors (Lipinski definition) is 5. The molecule has 0 aliphatic heterocycles. The second kappa shape index (κ2) is 8.46. The minimum absolute atomic E-state index is 0.115. The predicted molar refractivity (Wildman–Crippen MR) is 77.6 cm³/mol. The lowest BCUT2D eigenvalue weighted by Crippen LogP contribution is -2.39. The number of likely N-dealkylation sites (N-methyl/N-ethyl adjacent to an activating group) is 1. The summed E-state index contributed by atoms with van der Waals surface area (Å²) in [7, 11) is 1.55. The van der Waals surface area contributed by atoms with Gasteiger partial charge in [0, 0.05) is 13.6 Å². The molecular weight excluding hydrogens is 344 g/mol. The van der Waals surface area contributed by atoms with Gasteiger partial charge < -0.3 is 19.4 Å². The van der Waals surface area contributed by atoms with Crippen molar-refractivity contribution in [3.63, 3.8) is 0 Å². The molecule has 0 saturated heterocycles. The highest BCUT2D eigenvalue weighted by Gasteiger charge is 2.15. The largest absolute Gasteiger partial charge is 0.466 e. The third-order valence-electron chi connectivity index (χ3n) is 2.58. The van der Waals surface area contributed by atoms with E-state index >= 15 is 0 Å². The topological polar surface area (TPSA) is 88.9 Å². The van der Waals surface area contributed by atoms with Gasteiger partial charge in [-0.3, -0.25) is 14.4 Å². The van der Waals surface area contributed by atoms with Gasteiger partial charge in [0.1, 0.15) is 0 Å². The zero-order chi connectivity index (χ0) is 15.8. The van der Waals surface area contributed by atoms with E-state index < -0.39 is 5.91 Å². The lowest BCUT2D eigenvalue weighted by atomic mass is 10.3. The molecule has 1 rings (SSSR count). The summed E-state index contributed by atoms with van der Waals surface area (Å²) in [6.07, 6.45) is 0.120. The van der Waals surface area contributed by atoms with Crippen LogP contribution < -0.4 is 5.32 Å². The molecule has 0 fully saturated rings. The number of carbonyl (C=O) groups is 3. The van der Waals surface area contributed by atoms with Crippen molar-refractivity contribution >= 4 is 33.7 Å². The van der Waals surface area contributed by atoms with Crippen molar-refractivity contribution in [2.45, 2.75) is 13.3 Å². The van der Waals surface area contributed by atoms with Gasteiger partial charge in [-0.1, -0.05) is 0 Å². The molecule has 2 amide bonds. The summed E-state index contributed by atoms with van der Waals surface area (Å²) in [4.78, 5) is 36.0. The maximum absolute atomic E-state index is 11.8. The Labute approximate surface area is 130 Å². The number of rotatable bonds is 7. The number of nitrogens with one attached hydrogen (secondary N) is 1. The molecule has 0 aliphatic carbocycles. The number of halogens is 1. The van der Waals surface area contributed by atoms with E-state index in [1.165, 1.54) is 11.0 Å².